The van der Waals surface area contributed by atoms with Crippen LogP contribution in [-0.4, -0.2) is 15.7 Å². The van der Waals surface area contributed by atoms with Gasteiger partial charge in [-0.1, -0.05) is 12.1 Å². The summed E-state index contributed by atoms with van der Waals surface area (Å²) in [6.45, 7) is 1.93. The molecule has 0 saturated carbocycles. The molecule has 0 spiro atoms. The van der Waals surface area contributed by atoms with E-state index in [0.717, 1.165) is 11.3 Å². The number of nitrogens with two attached hydrogens (primary N) is 2. The van der Waals surface area contributed by atoms with Crippen molar-refractivity contribution in [2.24, 2.45) is 5.73 Å². The molecule has 0 saturated heterocycles. The second-order valence-electron chi connectivity index (χ2n) is 3.52. The first kappa shape index (κ1) is 10.2. The molecule has 1 aromatic heterocycles. The van der Waals surface area contributed by atoms with Crippen LogP contribution in [0.4, 0.5) is 5.69 Å². The zero-order chi connectivity index (χ0) is 11.7. The average Bonchev–Trinajstić information content (AvgIpc) is 2.66. The Kier molecular flexibility index (Phi) is 2.36. The lowest BCUT2D eigenvalue weighted by atomic mass is 10.2. The number of hydrogen-bond donors (Lipinski definition) is 2. The van der Waals surface area contributed by atoms with Gasteiger partial charge in [-0.05, 0) is 24.6 Å². The van der Waals surface area contributed by atoms with Crippen LogP contribution in [0.3, 0.4) is 0 Å². The summed E-state index contributed by atoms with van der Waals surface area (Å²) in [4.78, 5) is 10.9. The van der Waals surface area contributed by atoms with Crippen LogP contribution in [0.2, 0.25) is 0 Å². The first-order chi connectivity index (χ1) is 7.59. The third-order valence-electron chi connectivity index (χ3n) is 2.34. The zero-order valence-corrected chi connectivity index (χ0v) is 8.84. The van der Waals surface area contributed by atoms with Gasteiger partial charge < -0.3 is 11.5 Å². The normalized spacial score (nSPS) is 10.3. The quantitative estimate of drug-likeness (QED) is 0.730. The molecule has 82 valence electrons. The van der Waals surface area contributed by atoms with E-state index in [9.17, 15) is 4.79 Å². The second kappa shape index (κ2) is 3.69. The second-order valence-corrected chi connectivity index (χ2v) is 3.52. The molecule has 16 heavy (non-hydrogen) atoms. The Balaban J connectivity index is 2.54. The SMILES string of the molecule is Cc1cccc(N)c1-n1ccc(C(N)=O)n1. The van der Waals surface area contributed by atoms with Crippen LogP contribution < -0.4 is 11.5 Å². The number of hydrogen-bond acceptors (Lipinski definition) is 3. The minimum absolute atomic E-state index is 0.225. The van der Waals surface area contributed by atoms with Crippen molar-refractivity contribution in [1.82, 2.24) is 9.78 Å². The van der Waals surface area contributed by atoms with Crippen molar-refractivity contribution < 1.29 is 4.79 Å². The van der Waals surface area contributed by atoms with Gasteiger partial charge in [0.2, 0.25) is 0 Å². The number of benzene rings is 1. The molecule has 0 radical (unpaired) electrons. The molecule has 1 aromatic carbocycles. The Hall–Kier alpha value is -2.30. The van der Waals surface area contributed by atoms with Gasteiger partial charge in [0.25, 0.3) is 5.91 Å². The molecular formula is C11H12N4O. The monoisotopic (exact) mass is 216 g/mol. The minimum Gasteiger partial charge on any atom is -0.397 e. The van der Waals surface area contributed by atoms with Gasteiger partial charge in [0.05, 0.1) is 11.4 Å². The smallest absolute Gasteiger partial charge is 0.269 e. The lowest BCUT2D eigenvalue weighted by Gasteiger charge is -2.08. The molecule has 1 heterocycles. The number of carbonyl (C=O) groups is 1. The number of aryl methyl sites for hydroxylation is 1. The number of anilines is 1. The molecule has 2 aromatic rings. The number of nitrogens with zero attached hydrogens (tertiary/aromatic N) is 2. The fraction of sp³-hybridized carbons (Fsp3) is 0.0909. The summed E-state index contributed by atoms with van der Waals surface area (Å²) in [6.07, 6.45) is 1.67. The molecule has 5 heteroatoms. The summed E-state index contributed by atoms with van der Waals surface area (Å²) in [6, 6.07) is 7.14. The van der Waals surface area contributed by atoms with E-state index in [0.29, 0.717) is 5.69 Å². The Bertz CT molecular complexity index is 524. The Morgan fingerprint density at radius 1 is 1.38 bits per heavy atom. The Labute approximate surface area is 92.7 Å². The number of nitrogen functional groups attached to an aromatic ring is 1. The van der Waals surface area contributed by atoms with Crippen LogP contribution in [0.15, 0.2) is 30.5 Å². The summed E-state index contributed by atoms with van der Waals surface area (Å²) < 4.78 is 1.56. The topological polar surface area (TPSA) is 86.9 Å². The number of rotatable bonds is 2. The van der Waals surface area contributed by atoms with Gasteiger partial charge in [-0.2, -0.15) is 5.10 Å². The van der Waals surface area contributed by atoms with E-state index in [1.165, 1.54) is 0 Å². The molecule has 0 aliphatic carbocycles. The number of para-hydroxylation sites is 1. The molecule has 2 rings (SSSR count). The highest BCUT2D eigenvalue weighted by molar-refractivity contribution is 5.90. The van der Waals surface area contributed by atoms with Crippen LogP contribution in [0.25, 0.3) is 5.69 Å². The van der Waals surface area contributed by atoms with E-state index in [2.05, 4.69) is 5.10 Å². The van der Waals surface area contributed by atoms with Gasteiger partial charge in [0, 0.05) is 6.20 Å². The summed E-state index contributed by atoms with van der Waals surface area (Å²) >= 11 is 0. The molecule has 0 aliphatic heterocycles. The van der Waals surface area contributed by atoms with E-state index in [1.807, 2.05) is 19.1 Å². The third kappa shape index (κ3) is 1.63. The number of primary amides is 1. The maximum atomic E-state index is 10.9. The fourth-order valence-electron chi connectivity index (χ4n) is 1.57. The predicted octanol–water partition coefficient (Wildman–Crippen LogP) is 0.862. The van der Waals surface area contributed by atoms with Crippen LogP contribution in [0.1, 0.15) is 16.1 Å². The van der Waals surface area contributed by atoms with Crippen molar-refractivity contribution in [3.63, 3.8) is 0 Å². The van der Waals surface area contributed by atoms with Gasteiger partial charge in [-0.15, -0.1) is 0 Å². The van der Waals surface area contributed by atoms with E-state index in [1.54, 1.807) is 23.0 Å². The van der Waals surface area contributed by atoms with E-state index >= 15 is 0 Å². The number of carbonyl (C=O) groups excluding carboxylic acids is 1. The maximum Gasteiger partial charge on any atom is 0.269 e. The van der Waals surface area contributed by atoms with Crippen molar-refractivity contribution in [2.45, 2.75) is 6.92 Å². The van der Waals surface area contributed by atoms with Crippen LogP contribution in [0.5, 0.6) is 0 Å². The highest BCUT2D eigenvalue weighted by Crippen LogP contribution is 2.20. The molecule has 0 unspecified atom stereocenters. The van der Waals surface area contributed by atoms with Crippen LogP contribution in [-0.2, 0) is 0 Å². The molecule has 0 bridgehead atoms. The number of aromatic nitrogens is 2. The molecule has 0 atom stereocenters. The predicted molar refractivity (Wildman–Crippen MR) is 61.2 cm³/mol. The average molecular weight is 216 g/mol. The maximum absolute atomic E-state index is 10.9. The third-order valence-corrected chi connectivity index (χ3v) is 2.34. The minimum atomic E-state index is -0.550. The van der Waals surface area contributed by atoms with E-state index < -0.39 is 5.91 Å². The van der Waals surface area contributed by atoms with Crippen LogP contribution in [0, 0.1) is 6.92 Å². The standard InChI is InChI=1S/C11H12N4O/c1-7-3-2-4-8(12)10(7)15-6-5-9(14-15)11(13)16/h2-6H,12H2,1H3,(H2,13,16). The lowest BCUT2D eigenvalue weighted by molar-refractivity contribution is 0.0995. The van der Waals surface area contributed by atoms with E-state index in [-0.39, 0.29) is 5.69 Å². The van der Waals surface area contributed by atoms with Gasteiger partial charge in [-0.25, -0.2) is 4.68 Å². The summed E-state index contributed by atoms with van der Waals surface area (Å²) in [7, 11) is 0. The van der Waals surface area contributed by atoms with Crippen molar-refractivity contribution in [3.05, 3.63) is 41.7 Å². The van der Waals surface area contributed by atoms with Crippen molar-refractivity contribution >= 4 is 11.6 Å². The number of amides is 1. The molecule has 4 N–H and O–H groups in total. The zero-order valence-electron chi connectivity index (χ0n) is 8.84. The molecular weight excluding hydrogens is 204 g/mol. The first-order valence-electron chi connectivity index (χ1n) is 4.80. The summed E-state index contributed by atoms with van der Waals surface area (Å²) in [5, 5.41) is 4.06. The molecule has 0 aliphatic rings. The first-order valence-corrected chi connectivity index (χ1v) is 4.80. The Morgan fingerprint density at radius 2 is 2.12 bits per heavy atom. The van der Waals surface area contributed by atoms with Crippen molar-refractivity contribution in [2.75, 3.05) is 5.73 Å². The Morgan fingerprint density at radius 3 is 2.69 bits per heavy atom. The largest absolute Gasteiger partial charge is 0.397 e. The highest BCUT2D eigenvalue weighted by Gasteiger charge is 2.09. The fourth-order valence-corrected chi connectivity index (χ4v) is 1.57. The molecule has 0 fully saturated rings. The highest BCUT2D eigenvalue weighted by atomic mass is 16.1. The van der Waals surface area contributed by atoms with E-state index in [4.69, 9.17) is 11.5 Å². The molecule has 5 nitrogen and oxygen atoms in total. The molecule has 1 amide bonds. The van der Waals surface area contributed by atoms with Gasteiger partial charge >= 0.3 is 0 Å². The van der Waals surface area contributed by atoms with Crippen molar-refractivity contribution in [1.29, 1.82) is 0 Å². The van der Waals surface area contributed by atoms with Gasteiger partial charge in [-0.3, -0.25) is 4.79 Å². The van der Waals surface area contributed by atoms with Crippen LogP contribution >= 0.6 is 0 Å². The van der Waals surface area contributed by atoms with Gasteiger partial charge in [0.1, 0.15) is 5.69 Å². The van der Waals surface area contributed by atoms with Gasteiger partial charge in [0.15, 0.2) is 0 Å². The summed E-state index contributed by atoms with van der Waals surface area (Å²) in [5.41, 5.74) is 13.6. The lowest BCUT2D eigenvalue weighted by Crippen LogP contribution is -2.12. The van der Waals surface area contributed by atoms with Crippen molar-refractivity contribution in [3.8, 4) is 5.69 Å². The summed E-state index contributed by atoms with van der Waals surface area (Å²) in [5.74, 6) is -0.550.